The average Bonchev–Trinajstić information content (AvgIpc) is 2.84. The predicted octanol–water partition coefficient (Wildman–Crippen LogP) is 1.64. The van der Waals surface area contributed by atoms with E-state index >= 15 is 0 Å². The summed E-state index contributed by atoms with van der Waals surface area (Å²) in [6.45, 7) is 2.75. The fourth-order valence-electron chi connectivity index (χ4n) is 1.52. The summed E-state index contributed by atoms with van der Waals surface area (Å²) in [5.41, 5.74) is 0.748. The lowest BCUT2D eigenvalue weighted by atomic mass is 10.3. The smallest absolute Gasteiger partial charge is 0.328 e. The minimum absolute atomic E-state index is 0.0471. The molecule has 8 heteroatoms. The molecule has 118 valence electrons. The van der Waals surface area contributed by atoms with E-state index in [-0.39, 0.29) is 18.9 Å². The molecule has 0 amide bonds. The van der Waals surface area contributed by atoms with Crippen LogP contribution in [-0.4, -0.2) is 49.8 Å². The summed E-state index contributed by atoms with van der Waals surface area (Å²) >= 11 is 1.39. The van der Waals surface area contributed by atoms with Crippen LogP contribution in [0.5, 0.6) is 0 Å². The zero-order chi connectivity index (χ0) is 15.9. The highest BCUT2D eigenvalue weighted by Crippen LogP contribution is 2.18. The zero-order valence-electron chi connectivity index (χ0n) is 12.0. The van der Waals surface area contributed by atoms with Gasteiger partial charge in [0.05, 0.1) is 12.4 Å². The summed E-state index contributed by atoms with van der Waals surface area (Å²) in [4.78, 5) is 11.3. The van der Waals surface area contributed by atoms with Crippen molar-refractivity contribution in [3.8, 4) is 0 Å². The van der Waals surface area contributed by atoms with Crippen molar-refractivity contribution in [1.29, 1.82) is 0 Å². The van der Waals surface area contributed by atoms with Gasteiger partial charge in [0.1, 0.15) is 0 Å². The summed E-state index contributed by atoms with van der Waals surface area (Å²) in [6.07, 6.45) is 2.53. The van der Waals surface area contributed by atoms with Crippen LogP contribution < -0.4 is 0 Å². The minimum Gasteiger partial charge on any atom is -0.478 e. The van der Waals surface area contributed by atoms with Crippen LogP contribution >= 0.6 is 11.3 Å². The van der Waals surface area contributed by atoms with Crippen LogP contribution in [0.4, 0.5) is 0 Å². The topological polar surface area (TPSA) is 83.9 Å². The quantitative estimate of drug-likeness (QED) is 0.549. The fraction of sp³-hybridized carbons (Fsp3) is 0.462. The fourth-order valence-corrected chi connectivity index (χ4v) is 3.48. The third-order valence-corrected chi connectivity index (χ3v) is 5.34. The molecule has 1 rings (SSSR count). The Morgan fingerprint density at radius 2 is 2.24 bits per heavy atom. The Labute approximate surface area is 128 Å². The first-order valence-corrected chi connectivity index (χ1v) is 8.84. The van der Waals surface area contributed by atoms with Crippen molar-refractivity contribution >= 4 is 33.4 Å². The van der Waals surface area contributed by atoms with Gasteiger partial charge in [0.25, 0.3) is 0 Å². The van der Waals surface area contributed by atoms with E-state index in [2.05, 4.69) is 0 Å². The van der Waals surface area contributed by atoms with Gasteiger partial charge in [0, 0.05) is 31.2 Å². The summed E-state index contributed by atoms with van der Waals surface area (Å²) in [5.74, 6) is -1.06. The van der Waals surface area contributed by atoms with E-state index in [1.54, 1.807) is 11.4 Å². The van der Waals surface area contributed by atoms with E-state index in [1.165, 1.54) is 28.8 Å². The molecule has 0 fully saturated rings. The second kappa shape index (κ2) is 8.28. The Bertz CT molecular complexity index is 591. The van der Waals surface area contributed by atoms with Gasteiger partial charge < -0.3 is 9.84 Å². The molecule has 0 atom stereocenters. The first-order valence-electron chi connectivity index (χ1n) is 6.35. The van der Waals surface area contributed by atoms with E-state index < -0.39 is 16.0 Å². The molecular formula is C13H19NO5S2. The molecule has 0 radical (unpaired) electrons. The van der Waals surface area contributed by atoms with Crippen molar-refractivity contribution in [2.24, 2.45) is 0 Å². The Kier molecular flexibility index (Phi) is 7.03. The minimum atomic E-state index is -3.34. The van der Waals surface area contributed by atoms with Crippen molar-refractivity contribution in [1.82, 2.24) is 4.31 Å². The number of sulfonamides is 1. The second-order valence-electron chi connectivity index (χ2n) is 4.29. The van der Waals surface area contributed by atoms with Gasteiger partial charge in [-0.2, -0.15) is 4.31 Å². The maximum Gasteiger partial charge on any atom is 0.328 e. The Hall–Kier alpha value is -1.22. The highest BCUT2D eigenvalue weighted by Gasteiger charge is 2.18. The molecule has 1 aromatic heterocycles. The summed E-state index contributed by atoms with van der Waals surface area (Å²) in [5, 5.41) is 10.3. The number of aliphatic carboxylic acids is 1. The molecule has 21 heavy (non-hydrogen) atoms. The van der Waals surface area contributed by atoms with Gasteiger partial charge in [-0.1, -0.05) is 0 Å². The monoisotopic (exact) mass is 333 g/mol. The van der Waals surface area contributed by atoms with Gasteiger partial charge in [0.2, 0.25) is 10.0 Å². The number of nitrogens with zero attached hydrogens (tertiary/aromatic N) is 1. The molecule has 1 heterocycles. The normalized spacial score (nSPS) is 12.3. The highest BCUT2D eigenvalue weighted by atomic mass is 32.2. The van der Waals surface area contributed by atoms with Crippen LogP contribution in [0.3, 0.4) is 0 Å². The molecule has 0 bridgehead atoms. The van der Waals surface area contributed by atoms with Crippen LogP contribution in [0.25, 0.3) is 6.08 Å². The van der Waals surface area contributed by atoms with E-state index in [1.807, 2.05) is 6.92 Å². The van der Waals surface area contributed by atoms with Crippen molar-refractivity contribution in [3.63, 3.8) is 0 Å². The molecule has 1 N–H and O–H groups in total. The standard InChI is InChI=1S/C13H19NO5S2/c1-3-19-6-7-21(17,18)14(2)9-12-8-11(10-20-12)4-5-13(15)16/h4-5,8,10H,3,6-7,9H2,1-2H3,(H,15,16). The molecule has 0 saturated carbocycles. The van der Waals surface area contributed by atoms with Gasteiger partial charge in [-0.3, -0.25) is 0 Å². The van der Waals surface area contributed by atoms with E-state index in [9.17, 15) is 13.2 Å². The Balaban J connectivity index is 2.62. The number of carbonyl (C=O) groups is 1. The number of rotatable bonds is 9. The first-order chi connectivity index (χ1) is 9.85. The third-order valence-electron chi connectivity index (χ3n) is 2.64. The lowest BCUT2D eigenvalue weighted by molar-refractivity contribution is -0.131. The molecule has 0 aliphatic rings. The maximum atomic E-state index is 12.0. The summed E-state index contributed by atoms with van der Waals surface area (Å²) in [6, 6.07) is 1.78. The highest BCUT2D eigenvalue weighted by molar-refractivity contribution is 7.89. The molecule has 1 aromatic rings. The molecule has 0 unspecified atom stereocenters. The van der Waals surface area contributed by atoms with Crippen molar-refractivity contribution in [2.45, 2.75) is 13.5 Å². The van der Waals surface area contributed by atoms with Gasteiger partial charge in [-0.25, -0.2) is 13.2 Å². The first kappa shape index (κ1) is 17.8. The van der Waals surface area contributed by atoms with Gasteiger partial charge in [0.15, 0.2) is 0 Å². The lowest BCUT2D eigenvalue weighted by Gasteiger charge is -2.16. The van der Waals surface area contributed by atoms with Crippen molar-refractivity contribution in [2.75, 3.05) is 26.0 Å². The third kappa shape index (κ3) is 6.38. The number of hydrogen-bond donors (Lipinski definition) is 1. The van der Waals surface area contributed by atoms with Crippen molar-refractivity contribution in [3.05, 3.63) is 28.0 Å². The molecule has 0 aliphatic heterocycles. The number of carboxylic acid groups (broad SMARTS) is 1. The lowest BCUT2D eigenvalue weighted by Crippen LogP contribution is -2.30. The molecule has 0 aromatic carbocycles. The van der Waals surface area contributed by atoms with Gasteiger partial charge in [-0.05, 0) is 30.0 Å². The SMILES string of the molecule is CCOCCS(=O)(=O)N(C)Cc1cc(C=CC(=O)O)cs1. The maximum absolute atomic E-state index is 12.0. The number of hydrogen-bond acceptors (Lipinski definition) is 5. The van der Waals surface area contributed by atoms with E-state index in [4.69, 9.17) is 9.84 Å². The number of carboxylic acids is 1. The van der Waals surface area contributed by atoms with E-state index in [0.717, 1.165) is 16.5 Å². The number of ether oxygens (including phenoxy) is 1. The average molecular weight is 333 g/mol. The van der Waals surface area contributed by atoms with Crippen molar-refractivity contribution < 1.29 is 23.1 Å². The molecule has 6 nitrogen and oxygen atoms in total. The largest absolute Gasteiger partial charge is 0.478 e. The van der Waals surface area contributed by atoms with Crippen LogP contribution in [0.15, 0.2) is 17.5 Å². The Morgan fingerprint density at radius 3 is 2.86 bits per heavy atom. The molecule has 0 aliphatic carbocycles. The molecule has 0 spiro atoms. The van der Waals surface area contributed by atoms with Gasteiger partial charge in [-0.15, -0.1) is 11.3 Å². The summed E-state index contributed by atoms with van der Waals surface area (Å²) < 4.78 is 30.3. The Morgan fingerprint density at radius 1 is 1.52 bits per heavy atom. The van der Waals surface area contributed by atoms with E-state index in [0.29, 0.717) is 6.61 Å². The molecule has 0 saturated heterocycles. The van der Waals surface area contributed by atoms with Gasteiger partial charge >= 0.3 is 5.97 Å². The number of thiophene rings is 1. The summed E-state index contributed by atoms with van der Waals surface area (Å²) in [7, 11) is -1.82. The second-order valence-corrected chi connectivity index (χ2v) is 7.48. The van der Waals surface area contributed by atoms with Crippen LogP contribution in [0.1, 0.15) is 17.4 Å². The zero-order valence-corrected chi connectivity index (χ0v) is 13.6. The van der Waals surface area contributed by atoms with Crippen LogP contribution in [0, 0.1) is 0 Å². The van der Waals surface area contributed by atoms with Crippen LogP contribution in [0.2, 0.25) is 0 Å². The predicted molar refractivity (Wildman–Crippen MR) is 82.7 cm³/mol. The molecular weight excluding hydrogens is 314 g/mol. The van der Waals surface area contributed by atoms with Crippen LogP contribution in [-0.2, 0) is 26.1 Å².